The van der Waals surface area contributed by atoms with E-state index in [1.807, 2.05) is 12.1 Å². The zero-order valence-corrected chi connectivity index (χ0v) is 17.9. The number of imide groups is 1. The largest absolute Gasteiger partial charge is 0.463 e. The fraction of sp³-hybridized carbons (Fsp3) is 0.500. The van der Waals surface area contributed by atoms with Crippen LogP contribution in [0.5, 0.6) is 0 Å². The van der Waals surface area contributed by atoms with Crippen molar-refractivity contribution >= 4 is 11.8 Å². The topological polar surface area (TPSA) is 71.6 Å². The molecule has 31 heavy (non-hydrogen) atoms. The Morgan fingerprint density at radius 1 is 1.13 bits per heavy atom. The Morgan fingerprint density at radius 2 is 1.90 bits per heavy atom. The molecule has 3 N–H and O–H groups in total. The van der Waals surface area contributed by atoms with Gasteiger partial charge in [-0.15, -0.1) is 0 Å². The summed E-state index contributed by atoms with van der Waals surface area (Å²) in [6.45, 7) is 3.40. The molecule has 2 atom stereocenters. The van der Waals surface area contributed by atoms with Crippen LogP contribution in [0.25, 0.3) is 0 Å². The van der Waals surface area contributed by atoms with Crippen LogP contribution in [0.3, 0.4) is 0 Å². The van der Waals surface area contributed by atoms with Crippen molar-refractivity contribution < 1.29 is 28.6 Å². The predicted octanol–water partition coefficient (Wildman–Crippen LogP) is 1.31. The molecule has 2 saturated heterocycles. The first-order valence-electron chi connectivity index (χ1n) is 11.5. The van der Waals surface area contributed by atoms with E-state index in [0.29, 0.717) is 12.1 Å². The van der Waals surface area contributed by atoms with Crippen LogP contribution in [-0.4, -0.2) is 48.9 Å². The molecular weight excluding hydrogens is 397 g/mol. The van der Waals surface area contributed by atoms with Crippen LogP contribution in [-0.2, 0) is 4.79 Å². The molecule has 3 heterocycles. The molecule has 4 rings (SSSR count). The molecule has 7 heteroatoms. The highest BCUT2D eigenvalue weighted by atomic mass is 19.1. The molecule has 0 radical (unpaired) electrons. The maximum Gasteiger partial charge on any atom is 0.287 e. The van der Waals surface area contributed by atoms with E-state index in [4.69, 9.17) is 4.42 Å². The van der Waals surface area contributed by atoms with E-state index in [0.717, 1.165) is 44.7 Å². The second kappa shape index (κ2) is 10.2. The zero-order valence-electron chi connectivity index (χ0n) is 17.9. The Bertz CT molecular complexity index is 863. The maximum atomic E-state index is 13.3. The van der Waals surface area contributed by atoms with Gasteiger partial charge in [-0.05, 0) is 68.5 Å². The van der Waals surface area contributed by atoms with Crippen molar-refractivity contribution in [3.8, 4) is 0 Å². The van der Waals surface area contributed by atoms with E-state index in [1.165, 1.54) is 53.3 Å². The smallest absolute Gasteiger partial charge is 0.287 e. The number of nitrogens with one attached hydrogen (secondary N) is 1. The highest BCUT2D eigenvalue weighted by molar-refractivity contribution is 6.05. The third-order valence-corrected chi connectivity index (χ3v) is 6.60. The molecule has 0 bridgehead atoms. The lowest BCUT2D eigenvalue weighted by Crippen LogP contribution is -3.16. The molecule has 0 spiro atoms. The SMILES string of the molecule is O=C(c1ccc(F)cc1)N1CCCC[C@@H]([NH2+]C[C@@H](c2ccco2)[NH+]2CCCCC2)C1=O. The fourth-order valence-electron chi connectivity index (χ4n) is 4.86. The fourth-order valence-corrected chi connectivity index (χ4v) is 4.86. The number of rotatable bonds is 6. The van der Waals surface area contributed by atoms with Gasteiger partial charge in [-0.25, -0.2) is 4.39 Å². The number of nitrogens with zero attached hydrogens (tertiary/aromatic N) is 1. The van der Waals surface area contributed by atoms with Crippen LogP contribution < -0.4 is 10.2 Å². The van der Waals surface area contributed by atoms with Crippen molar-refractivity contribution in [1.29, 1.82) is 0 Å². The number of furan rings is 1. The molecule has 1 aromatic carbocycles. The lowest BCUT2D eigenvalue weighted by Gasteiger charge is -2.30. The van der Waals surface area contributed by atoms with Crippen LogP contribution >= 0.6 is 0 Å². The van der Waals surface area contributed by atoms with Crippen LogP contribution in [0.15, 0.2) is 47.1 Å². The summed E-state index contributed by atoms with van der Waals surface area (Å²) in [6.07, 6.45) is 7.88. The van der Waals surface area contributed by atoms with Crippen molar-refractivity contribution in [1.82, 2.24) is 4.90 Å². The minimum absolute atomic E-state index is 0.140. The van der Waals surface area contributed by atoms with Crippen molar-refractivity contribution in [2.45, 2.75) is 50.6 Å². The highest BCUT2D eigenvalue weighted by Gasteiger charge is 2.36. The molecule has 2 aliphatic heterocycles. The van der Waals surface area contributed by atoms with Crippen molar-refractivity contribution in [2.24, 2.45) is 0 Å². The van der Waals surface area contributed by atoms with E-state index >= 15 is 0 Å². The van der Waals surface area contributed by atoms with Gasteiger partial charge in [0, 0.05) is 18.5 Å². The molecule has 0 unspecified atom stereocenters. The summed E-state index contributed by atoms with van der Waals surface area (Å²) in [4.78, 5) is 29.1. The number of nitrogens with two attached hydrogens (primary N) is 1. The predicted molar refractivity (Wildman–Crippen MR) is 113 cm³/mol. The Hall–Kier alpha value is -2.51. The second-order valence-electron chi connectivity index (χ2n) is 8.66. The zero-order chi connectivity index (χ0) is 21.6. The Kier molecular flexibility index (Phi) is 7.14. The van der Waals surface area contributed by atoms with Crippen LogP contribution in [0, 0.1) is 5.82 Å². The third-order valence-electron chi connectivity index (χ3n) is 6.60. The summed E-state index contributed by atoms with van der Waals surface area (Å²) < 4.78 is 19.0. The number of likely N-dealkylation sites (tertiary alicyclic amines) is 2. The van der Waals surface area contributed by atoms with Crippen molar-refractivity contribution in [3.05, 3.63) is 59.8 Å². The standard InChI is InChI=1S/C24H30FN3O3/c25-19-11-9-18(10-12-19)23(29)28-15-5-2-7-20(24(28)30)26-17-21(22-8-6-16-31-22)27-13-3-1-4-14-27/h6,8-12,16,20-21,26H,1-5,7,13-15,17H2/p+2/t20-,21+/m1/s1. The normalized spacial score (nSPS) is 21.6. The molecule has 0 aliphatic carbocycles. The second-order valence-corrected chi connectivity index (χ2v) is 8.66. The summed E-state index contributed by atoms with van der Waals surface area (Å²) in [5.74, 6) is 0.0933. The quantitative estimate of drug-likeness (QED) is 0.681. The van der Waals surface area contributed by atoms with Gasteiger partial charge in [-0.3, -0.25) is 14.5 Å². The number of piperidine rings is 1. The van der Waals surface area contributed by atoms with Gasteiger partial charge < -0.3 is 14.6 Å². The molecule has 2 aliphatic rings. The number of hydrogen-bond acceptors (Lipinski definition) is 3. The lowest BCUT2D eigenvalue weighted by molar-refractivity contribution is -0.951. The van der Waals surface area contributed by atoms with E-state index < -0.39 is 5.82 Å². The molecule has 2 aromatic rings. The van der Waals surface area contributed by atoms with E-state index in [1.54, 1.807) is 6.26 Å². The number of halogens is 1. The Morgan fingerprint density at radius 3 is 2.61 bits per heavy atom. The molecule has 2 amide bonds. The number of hydrogen-bond donors (Lipinski definition) is 2. The molecule has 1 aromatic heterocycles. The number of carbonyl (C=O) groups is 2. The summed E-state index contributed by atoms with van der Waals surface area (Å²) in [7, 11) is 0. The van der Waals surface area contributed by atoms with Crippen LogP contribution in [0.2, 0.25) is 0 Å². The van der Waals surface area contributed by atoms with Crippen LogP contribution in [0.4, 0.5) is 4.39 Å². The van der Waals surface area contributed by atoms with Gasteiger partial charge in [-0.2, -0.15) is 0 Å². The average Bonchev–Trinajstić information content (AvgIpc) is 3.26. The van der Waals surface area contributed by atoms with Gasteiger partial charge in [0.05, 0.1) is 19.4 Å². The summed E-state index contributed by atoms with van der Waals surface area (Å²) in [6, 6.07) is 9.28. The molecule has 166 valence electrons. The molecular formula is C24H32FN3O3+2. The summed E-state index contributed by atoms with van der Waals surface area (Å²) in [5, 5.41) is 2.10. The first-order chi connectivity index (χ1) is 15.1. The highest BCUT2D eigenvalue weighted by Crippen LogP contribution is 2.15. The average molecular weight is 430 g/mol. The lowest BCUT2D eigenvalue weighted by atomic mass is 10.1. The minimum Gasteiger partial charge on any atom is -0.463 e. The van der Waals surface area contributed by atoms with Gasteiger partial charge in [0.25, 0.3) is 11.8 Å². The van der Waals surface area contributed by atoms with Gasteiger partial charge in [-0.1, -0.05) is 0 Å². The van der Waals surface area contributed by atoms with Gasteiger partial charge in [0.1, 0.15) is 12.4 Å². The van der Waals surface area contributed by atoms with E-state index in [-0.39, 0.29) is 23.9 Å². The Balaban J connectivity index is 1.45. The summed E-state index contributed by atoms with van der Waals surface area (Å²) >= 11 is 0. The van der Waals surface area contributed by atoms with Gasteiger partial charge in [0.2, 0.25) is 0 Å². The minimum atomic E-state index is -0.394. The molecule has 6 nitrogen and oxygen atoms in total. The van der Waals surface area contributed by atoms with E-state index in [2.05, 4.69) is 5.32 Å². The molecule has 0 saturated carbocycles. The third kappa shape index (κ3) is 5.22. The number of quaternary nitrogens is 2. The first-order valence-corrected chi connectivity index (χ1v) is 11.5. The maximum absolute atomic E-state index is 13.3. The number of amides is 2. The molecule has 2 fully saturated rings. The van der Waals surface area contributed by atoms with E-state index in [9.17, 15) is 14.0 Å². The van der Waals surface area contributed by atoms with Crippen LogP contribution in [0.1, 0.15) is 60.7 Å². The monoisotopic (exact) mass is 429 g/mol. The first kappa shape index (κ1) is 21.7. The van der Waals surface area contributed by atoms with Gasteiger partial charge in [0.15, 0.2) is 17.8 Å². The summed E-state index contributed by atoms with van der Waals surface area (Å²) in [5.41, 5.74) is 0.349. The number of benzene rings is 1. The van der Waals surface area contributed by atoms with Crippen molar-refractivity contribution in [3.63, 3.8) is 0 Å². The number of carbonyl (C=O) groups excluding carboxylic acids is 2. The van der Waals surface area contributed by atoms with Gasteiger partial charge >= 0.3 is 0 Å². The Labute approximate surface area is 182 Å². The van der Waals surface area contributed by atoms with Crippen molar-refractivity contribution in [2.75, 3.05) is 26.2 Å².